The second-order valence-corrected chi connectivity index (χ2v) is 5.11. The largest absolute Gasteiger partial charge is 0.460 e. The molecule has 5 nitrogen and oxygen atoms in total. The summed E-state index contributed by atoms with van der Waals surface area (Å²) in [5.41, 5.74) is 1.73. The fourth-order valence-electron chi connectivity index (χ4n) is 2.35. The number of aliphatic imine (C=N–C) groups is 1. The van der Waals surface area contributed by atoms with Crippen LogP contribution in [0.2, 0.25) is 0 Å². The third-order valence-electron chi connectivity index (χ3n) is 3.42. The average Bonchev–Trinajstić information content (AvgIpc) is 3.11. The van der Waals surface area contributed by atoms with Crippen LogP contribution in [0.3, 0.4) is 0 Å². The van der Waals surface area contributed by atoms with E-state index >= 15 is 0 Å². The Morgan fingerprint density at radius 3 is 2.61 bits per heavy atom. The molecule has 1 aromatic carbocycles. The van der Waals surface area contributed by atoms with Crippen molar-refractivity contribution in [2.45, 2.75) is 13.8 Å². The lowest BCUT2D eigenvalue weighted by atomic mass is 10.3. The normalized spacial score (nSPS) is 11.0. The van der Waals surface area contributed by atoms with Gasteiger partial charge in [0, 0.05) is 18.1 Å². The molecular weight excluding hydrogens is 288 g/mol. The van der Waals surface area contributed by atoms with E-state index in [1.54, 1.807) is 6.20 Å². The van der Waals surface area contributed by atoms with Gasteiger partial charge in [-0.3, -0.25) is 9.56 Å². The molecule has 2 aromatic heterocycles. The van der Waals surface area contributed by atoms with Gasteiger partial charge >= 0.3 is 0 Å². The van der Waals surface area contributed by atoms with Crippen LogP contribution in [0.4, 0.5) is 11.5 Å². The minimum atomic E-state index is 0.725. The van der Waals surface area contributed by atoms with Gasteiger partial charge in [0.05, 0.1) is 0 Å². The number of furan rings is 1. The molecule has 3 rings (SSSR count). The van der Waals surface area contributed by atoms with E-state index in [0.29, 0.717) is 0 Å². The third kappa shape index (κ3) is 3.08. The highest BCUT2D eigenvalue weighted by Crippen LogP contribution is 2.32. The number of nitrogens with zero attached hydrogens (tertiary/aromatic N) is 3. The minimum absolute atomic E-state index is 0.725. The van der Waals surface area contributed by atoms with Crippen molar-refractivity contribution in [2.24, 2.45) is 4.99 Å². The van der Waals surface area contributed by atoms with Crippen LogP contribution in [0.25, 0.3) is 17.7 Å². The average molecular weight is 306 g/mol. The van der Waals surface area contributed by atoms with Crippen molar-refractivity contribution in [3.05, 3.63) is 60.2 Å². The predicted octanol–water partition coefficient (Wildman–Crippen LogP) is 4.63. The number of imidazole rings is 1. The lowest BCUT2D eigenvalue weighted by Crippen LogP contribution is -1.99. The number of benzene rings is 1. The highest BCUT2D eigenvalue weighted by molar-refractivity contribution is 5.75. The molecule has 0 atom stereocenters. The van der Waals surface area contributed by atoms with Crippen LogP contribution in [0, 0.1) is 13.8 Å². The number of para-hydroxylation sites is 1. The molecule has 0 bridgehead atoms. The number of anilines is 2. The van der Waals surface area contributed by atoms with Gasteiger partial charge < -0.3 is 9.73 Å². The molecule has 0 radical (unpaired) electrons. The Kier molecular flexibility index (Phi) is 4.10. The maximum absolute atomic E-state index is 5.75. The highest BCUT2D eigenvalue weighted by atomic mass is 16.3. The van der Waals surface area contributed by atoms with Crippen LogP contribution in [-0.2, 0) is 0 Å². The Labute approximate surface area is 135 Å². The molecule has 0 fully saturated rings. The van der Waals surface area contributed by atoms with Gasteiger partial charge in [-0.1, -0.05) is 18.2 Å². The Morgan fingerprint density at radius 1 is 1.17 bits per heavy atom. The molecule has 116 valence electrons. The number of rotatable bonds is 5. The zero-order valence-electron chi connectivity index (χ0n) is 13.2. The number of aryl methyl sites for hydroxylation is 2. The standard InChI is InChI=1S/C18H18N4O/c1-13-9-10-16(23-13)17-18(21-15-7-5-4-6-8-15)22(12-11-19-3)14(2)20-17/h4-12,21H,3H2,1-2H3. The fourth-order valence-corrected chi connectivity index (χ4v) is 2.35. The van der Waals surface area contributed by atoms with Crippen molar-refractivity contribution < 1.29 is 4.42 Å². The van der Waals surface area contributed by atoms with E-state index in [-0.39, 0.29) is 0 Å². The van der Waals surface area contributed by atoms with Gasteiger partial charge in [0.25, 0.3) is 0 Å². The van der Waals surface area contributed by atoms with Crippen LogP contribution in [0.5, 0.6) is 0 Å². The molecule has 23 heavy (non-hydrogen) atoms. The van der Waals surface area contributed by atoms with E-state index in [2.05, 4.69) is 22.0 Å². The minimum Gasteiger partial charge on any atom is -0.460 e. The Bertz CT molecular complexity index is 843. The zero-order chi connectivity index (χ0) is 16.2. The van der Waals surface area contributed by atoms with Gasteiger partial charge in [0.15, 0.2) is 5.76 Å². The van der Waals surface area contributed by atoms with Crippen molar-refractivity contribution in [3.63, 3.8) is 0 Å². The van der Waals surface area contributed by atoms with Crippen molar-refractivity contribution >= 4 is 24.4 Å². The highest BCUT2D eigenvalue weighted by Gasteiger charge is 2.18. The zero-order valence-corrected chi connectivity index (χ0v) is 13.2. The van der Waals surface area contributed by atoms with Crippen LogP contribution < -0.4 is 5.32 Å². The number of hydrogen-bond donors (Lipinski definition) is 1. The van der Waals surface area contributed by atoms with E-state index in [1.807, 2.05) is 67.1 Å². The summed E-state index contributed by atoms with van der Waals surface area (Å²) in [6.45, 7) is 7.33. The van der Waals surface area contributed by atoms with Crippen LogP contribution in [0.1, 0.15) is 11.6 Å². The molecule has 0 aliphatic carbocycles. The fraction of sp³-hybridized carbons (Fsp3) is 0.111. The van der Waals surface area contributed by atoms with Crippen molar-refractivity contribution in [3.8, 4) is 11.5 Å². The van der Waals surface area contributed by atoms with Crippen molar-refractivity contribution in [1.29, 1.82) is 0 Å². The van der Waals surface area contributed by atoms with Gasteiger partial charge in [0.2, 0.25) is 0 Å². The van der Waals surface area contributed by atoms with Gasteiger partial charge in [-0.25, -0.2) is 4.98 Å². The summed E-state index contributed by atoms with van der Waals surface area (Å²) < 4.78 is 7.67. The van der Waals surface area contributed by atoms with Crippen LogP contribution in [-0.4, -0.2) is 16.3 Å². The third-order valence-corrected chi connectivity index (χ3v) is 3.42. The first kappa shape index (κ1) is 14.8. The molecule has 0 aliphatic heterocycles. The monoisotopic (exact) mass is 306 g/mol. The lowest BCUT2D eigenvalue weighted by Gasteiger charge is -2.09. The first-order chi connectivity index (χ1) is 11.2. The number of nitrogens with one attached hydrogen (secondary N) is 1. The number of hydrogen-bond acceptors (Lipinski definition) is 4. The molecule has 1 N–H and O–H groups in total. The lowest BCUT2D eigenvalue weighted by molar-refractivity contribution is 0.547. The van der Waals surface area contributed by atoms with E-state index in [4.69, 9.17) is 4.42 Å². The predicted molar refractivity (Wildman–Crippen MR) is 94.0 cm³/mol. The topological polar surface area (TPSA) is 55.4 Å². The maximum Gasteiger partial charge on any atom is 0.156 e. The first-order valence-corrected chi connectivity index (χ1v) is 7.29. The van der Waals surface area contributed by atoms with Gasteiger partial charge in [-0.05, 0) is 44.8 Å². The molecule has 0 amide bonds. The SMILES string of the molecule is C=NC=Cn1c(C)nc(-c2ccc(C)o2)c1Nc1ccccc1. The summed E-state index contributed by atoms with van der Waals surface area (Å²) in [7, 11) is 0. The molecule has 0 aliphatic rings. The van der Waals surface area contributed by atoms with E-state index < -0.39 is 0 Å². The molecule has 3 aromatic rings. The van der Waals surface area contributed by atoms with E-state index in [0.717, 1.165) is 34.5 Å². The van der Waals surface area contributed by atoms with Crippen LogP contribution >= 0.6 is 0 Å². The molecule has 2 heterocycles. The summed E-state index contributed by atoms with van der Waals surface area (Å²) in [6, 6.07) is 13.8. The molecule has 0 unspecified atom stereocenters. The first-order valence-electron chi connectivity index (χ1n) is 7.29. The van der Waals surface area contributed by atoms with Crippen molar-refractivity contribution in [2.75, 3.05) is 5.32 Å². The van der Waals surface area contributed by atoms with E-state index in [9.17, 15) is 0 Å². The summed E-state index contributed by atoms with van der Waals surface area (Å²) in [6.07, 6.45) is 3.45. The Balaban J connectivity index is 2.12. The van der Waals surface area contributed by atoms with Crippen LogP contribution in [0.15, 0.2) is 58.1 Å². The summed E-state index contributed by atoms with van der Waals surface area (Å²) in [5, 5.41) is 3.41. The smallest absolute Gasteiger partial charge is 0.156 e. The summed E-state index contributed by atoms with van der Waals surface area (Å²) in [5.74, 6) is 3.22. The summed E-state index contributed by atoms with van der Waals surface area (Å²) in [4.78, 5) is 8.41. The molecular formula is C18H18N4O. The van der Waals surface area contributed by atoms with Gasteiger partial charge in [-0.2, -0.15) is 0 Å². The quantitative estimate of drug-likeness (QED) is 0.699. The molecule has 0 spiro atoms. The van der Waals surface area contributed by atoms with Gasteiger partial charge in [-0.15, -0.1) is 0 Å². The maximum atomic E-state index is 5.75. The molecule has 0 saturated carbocycles. The molecule has 0 saturated heterocycles. The molecule has 5 heteroatoms. The van der Waals surface area contributed by atoms with Crippen molar-refractivity contribution in [1.82, 2.24) is 9.55 Å². The summed E-state index contributed by atoms with van der Waals surface area (Å²) >= 11 is 0. The Hall–Kier alpha value is -3.08. The van der Waals surface area contributed by atoms with E-state index in [1.165, 1.54) is 0 Å². The Morgan fingerprint density at radius 2 is 1.96 bits per heavy atom. The number of aromatic nitrogens is 2. The second kappa shape index (κ2) is 6.36. The van der Waals surface area contributed by atoms with Gasteiger partial charge in [0.1, 0.15) is 23.1 Å². The second-order valence-electron chi connectivity index (χ2n) is 5.11.